The third kappa shape index (κ3) is 4.31. The zero-order valence-electron chi connectivity index (χ0n) is 18.8. The number of nitrogens with zero attached hydrogens (tertiary/aromatic N) is 5. The van der Waals surface area contributed by atoms with Crippen LogP contribution in [0, 0.1) is 5.82 Å². The molecule has 33 heavy (non-hydrogen) atoms. The lowest BCUT2D eigenvalue weighted by Gasteiger charge is -2.49. The van der Waals surface area contributed by atoms with Gasteiger partial charge >= 0.3 is 6.09 Å². The number of rotatable bonds is 4. The first-order valence-electron chi connectivity index (χ1n) is 11.1. The molecule has 2 aliphatic heterocycles. The van der Waals surface area contributed by atoms with E-state index in [0.717, 1.165) is 25.7 Å². The number of piperazine rings is 1. The van der Waals surface area contributed by atoms with Crippen molar-refractivity contribution in [2.24, 2.45) is 0 Å². The molecule has 0 spiro atoms. The third-order valence-electron chi connectivity index (χ3n) is 6.33. The number of carbonyl (C=O) groups excluding carboxylic acids is 1. The molecule has 0 radical (unpaired) electrons. The molecule has 2 atom stereocenters. The molecular formula is C22H26Cl2FN5O3. The largest absolute Gasteiger partial charge is 0.444 e. The minimum absolute atomic E-state index is 0.0233. The van der Waals surface area contributed by atoms with Crippen LogP contribution < -0.4 is 4.90 Å². The average Bonchev–Trinajstić information content (AvgIpc) is 3.52. The first-order chi connectivity index (χ1) is 15.6. The summed E-state index contributed by atoms with van der Waals surface area (Å²) in [6.07, 6.45) is 5.01. The van der Waals surface area contributed by atoms with E-state index < -0.39 is 17.0 Å². The highest BCUT2D eigenvalue weighted by Gasteiger charge is 2.55. The summed E-state index contributed by atoms with van der Waals surface area (Å²) in [6, 6.07) is -0.106. The van der Waals surface area contributed by atoms with E-state index in [9.17, 15) is 9.18 Å². The Morgan fingerprint density at radius 1 is 1.27 bits per heavy atom. The van der Waals surface area contributed by atoms with Crippen LogP contribution in [0.3, 0.4) is 0 Å². The monoisotopic (exact) mass is 497 g/mol. The van der Waals surface area contributed by atoms with E-state index in [-0.39, 0.29) is 34.2 Å². The van der Waals surface area contributed by atoms with Crippen LogP contribution in [0.15, 0.2) is 6.20 Å². The highest BCUT2D eigenvalue weighted by atomic mass is 35.5. The second-order valence-electron chi connectivity index (χ2n) is 10.1. The highest BCUT2D eigenvalue weighted by molar-refractivity contribution is 6.30. The van der Waals surface area contributed by atoms with Gasteiger partial charge in [0.1, 0.15) is 16.9 Å². The van der Waals surface area contributed by atoms with Gasteiger partial charge in [0, 0.05) is 19.3 Å². The van der Waals surface area contributed by atoms with Gasteiger partial charge in [-0.3, -0.25) is 4.90 Å². The minimum Gasteiger partial charge on any atom is -0.444 e. The second kappa shape index (κ2) is 8.06. The van der Waals surface area contributed by atoms with Gasteiger partial charge in [0.25, 0.3) is 0 Å². The number of hydrogen-bond acceptors (Lipinski definition) is 7. The zero-order chi connectivity index (χ0) is 23.5. The normalized spacial score (nSPS) is 25.1. The van der Waals surface area contributed by atoms with Gasteiger partial charge in [0.15, 0.2) is 11.0 Å². The van der Waals surface area contributed by atoms with E-state index in [4.69, 9.17) is 32.7 Å². The number of amides is 1. The fourth-order valence-corrected chi connectivity index (χ4v) is 5.12. The molecule has 0 unspecified atom stereocenters. The van der Waals surface area contributed by atoms with E-state index in [1.54, 1.807) is 0 Å². The Balaban J connectivity index is 1.52. The molecule has 11 heteroatoms. The molecule has 1 amide bonds. The van der Waals surface area contributed by atoms with E-state index in [1.165, 1.54) is 6.20 Å². The van der Waals surface area contributed by atoms with Gasteiger partial charge in [0.2, 0.25) is 5.28 Å². The van der Waals surface area contributed by atoms with Crippen molar-refractivity contribution in [3.8, 4) is 0 Å². The van der Waals surface area contributed by atoms with Crippen LogP contribution in [0.25, 0.3) is 10.9 Å². The fraction of sp³-hybridized carbons (Fsp3) is 0.636. The number of halogens is 3. The maximum atomic E-state index is 14.7. The molecule has 178 valence electrons. The van der Waals surface area contributed by atoms with Crippen molar-refractivity contribution in [1.82, 2.24) is 19.9 Å². The van der Waals surface area contributed by atoms with Crippen molar-refractivity contribution in [3.05, 3.63) is 22.5 Å². The summed E-state index contributed by atoms with van der Waals surface area (Å²) >= 11 is 12.0. The summed E-state index contributed by atoms with van der Waals surface area (Å²) in [6.45, 7) is 6.92. The fourth-order valence-electron chi connectivity index (χ4n) is 4.82. The topological polar surface area (TPSA) is 80.7 Å². The van der Waals surface area contributed by atoms with Crippen molar-refractivity contribution < 1.29 is 18.7 Å². The quantitative estimate of drug-likeness (QED) is 0.450. The summed E-state index contributed by atoms with van der Waals surface area (Å²) in [7, 11) is 0. The van der Waals surface area contributed by atoms with E-state index in [2.05, 4.69) is 15.0 Å². The maximum Gasteiger partial charge on any atom is 0.411 e. The van der Waals surface area contributed by atoms with Crippen LogP contribution in [0.4, 0.5) is 15.0 Å². The summed E-state index contributed by atoms with van der Waals surface area (Å²) < 4.78 is 26.5. The molecular weight excluding hydrogens is 472 g/mol. The smallest absolute Gasteiger partial charge is 0.411 e. The van der Waals surface area contributed by atoms with Crippen LogP contribution in [-0.4, -0.2) is 68.9 Å². The average molecular weight is 498 g/mol. The Hall–Kier alpha value is -1.97. The van der Waals surface area contributed by atoms with Crippen molar-refractivity contribution in [1.29, 1.82) is 0 Å². The molecule has 2 bridgehead atoms. The lowest BCUT2D eigenvalue weighted by Crippen LogP contribution is -2.66. The molecule has 0 aromatic carbocycles. The third-order valence-corrected chi connectivity index (χ3v) is 6.76. The number of aromatic nitrogens is 3. The van der Waals surface area contributed by atoms with E-state index in [1.807, 2.05) is 30.6 Å². The molecule has 0 N–H and O–H groups in total. The highest BCUT2D eigenvalue weighted by Crippen LogP contribution is 2.43. The predicted octanol–water partition coefficient (Wildman–Crippen LogP) is 4.61. The van der Waals surface area contributed by atoms with Gasteiger partial charge in [-0.05, 0) is 58.1 Å². The molecule has 5 rings (SSSR count). The van der Waals surface area contributed by atoms with Gasteiger partial charge in [-0.25, -0.2) is 19.2 Å². The molecule has 8 nitrogen and oxygen atoms in total. The van der Waals surface area contributed by atoms with Crippen LogP contribution in [-0.2, 0) is 9.47 Å². The van der Waals surface area contributed by atoms with Crippen molar-refractivity contribution >= 4 is 46.0 Å². The Morgan fingerprint density at radius 2 is 2.03 bits per heavy atom. The Kier molecular flexibility index (Phi) is 5.57. The Morgan fingerprint density at radius 3 is 2.73 bits per heavy atom. The number of hydrogen-bond donors (Lipinski definition) is 0. The zero-order valence-corrected chi connectivity index (χ0v) is 20.3. The van der Waals surface area contributed by atoms with Crippen molar-refractivity contribution in [2.45, 2.75) is 69.7 Å². The number of carbonyl (C=O) groups is 1. The summed E-state index contributed by atoms with van der Waals surface area (Å²) in [4.78, 5) is 29.5. The first-order valence-corrected chi connectivity index (χ1v) is 11.9. The lowest BCUT2D eigenvalue weighted by atomic mass is 9.95. The van der Waals surface area contributed by atoms with Crippen LogP contribution in [0.2, 0.25) is 10.4 Å². The molecule has 2 saturated heterocycles. The summed E-state index contributed by atoms with van der Waals surface area (Å²) in [5.41, 5.74) is -1.17. The van der Waals surface area contributed by atoms with Crippen molar-refractivity contribution in [3.63, 3.8) is 0 Å². The van der Waals surface area contributed by atoms with Crippen molar-refractivity contribution in [2.75, 3.05) is 24.6 Å². The summed E-state index contributed by atoms with van der Waals surface area (Å²) in [5, 5.41) is 0.0703. The molecule has 2 aromatic rings. The van der Waals surface area contributed by atoms with Gasteiger partial charge in [-0.15, -0.1) is 0 Å². The van der Waals surface area contributed by atoms with E-state index >= 15 is 0 Å². The molecule has 2 aromatic heterocycles. The SMILES string of the molecule is CC(C)(C)OC(=O)N1[C@H]2CC[C@]1(COC1CC1)CN(c1nc(Cl)nc3c(F)c(Cl)ncc13)C2. The molecule has 4 heterocycles. The van der Waals surface area contributed by atoms with Crippen LogP contribution >= 0.6 is 23.2 Å². The van der Waals surface area contributed by atoms with Gasteiger partial charge < -0.3 is 14.4 Å². The van der Waals surface area contributed by atoms with Crippen LogP contribution in [0.1, 0.15) is 46.5 Å². The number of ether oxygens (including phenoxy) is 2. The predicted molar refractivity (Wildman–Crippen MR) is 122 cm³/mol. The van der Waals surface area contributed by atoms with Gasteiger partial charge in [0.05, 0.1) is 29.7 Å². The first kappa shape index (κ1) is 22.8. The summed E-state index contributed by atoms with van der Waals surface area (Å²) in [5.74, 6) is -0.263. The van der Waals surface area contributed by atoms with E-state index in [0.29, 0.717) is 30.9 Å². The minimum atomic E-state index is -0.734. The standard InChI is InChI=1S/C22H26Cl2FN5O3/c1-21(2,3)33-20(31)30-12-6-7-22(30,11-32-13-4-5-13)10-29(9-12)18-14-8-26-17(23)15(25)16(14)27-19(24)28-18/h8,12-13H,4-7,9-11H2,1-3H3/t12-,22+/m0/s1. The molecule has 1 aliphatic carbocycles. The lowest BCUT2D eigenvalue weighted by molar-refractivity contribution is -0.0365. The number of pyridine rings is 1. The Labute approximate surface area is 201 Å². The van der Waals surface area contributed by atoms with Crippen LogP contribution in [0.5, 0.6) is 0 Å². The maximum absolute atomic E-state index is 14.7. The molecule has 3 aliphatic rings. The number of fused-ring (bicyclic) bond motifs is 3. The molecule has 1 saturated carbocycles. The Bertz CT molecular complexity index is 1110. The second-order valence-corrected chi connectivity index (χ2v) is 10.8. The van der Waals surface area contributed by atoms with Gasteiger partial charge in [-0.2, -0.15) is 4.98 Å². The van der Waals surface area contributed by atoms with Gasteiger partial charge in [-0.1, -0.05) is 11.6 Å². The number of anilines is 1. The molecule has 3 fully saturated rings.